The lowest BCUT2D eigenvalue weighted by molar-refractivity contribution is -0.137. The van der Waals surface area contributed by atoms with Crippen LogP contribution in [0.25, 0.3) is 0 Å². The number of carbonyl (C=O) groups is 1. The first-order valence-electron chi connectivity index (χ1n) is 9.53. The standard InChI is InChI=1S/C21H22F3N3O/c22-21(23,24)17-6-7-19(25-13-17)26-10-8-16-9-11-27(18(16)14-26)20(28)12-15-4-2-1-3-5-15/h1-7,13,16,18H,8-12,14H2. The predicted molar refractivity (Wildman–Crippen MR) is 99.8 cm³/mol. The molecule has 0 spiro atoms. The fourth-order valence-corrected chi connectivity index (χ4v) is 4.27. The zero-order chi connectivity index (χ0) is 19.7. The highest BCUT2D eigenvalue weighted by atomic mass is 19.4. The molecule has 1 aromatic heterocycles. The topological polar surface area (TPSA) is 36.4 Å². The molecule has 0 radical (unpaired) electrons. The molecular weight excluding hydrogens is 367 g/mol. The highest BCUT2D eigenvalue weighted by molar-refractivity contribution is 5.79. The van der Waals surface area contributed by atoms with Crippen LogP contribution in [0.3, 0.4) is 0 Å². The third-order valence-electron chi connectivity index (χ3n) is 5.78. The smallest absolute Gasteiger partial charge is 0.355 e. The number of carbonyl (C=O) groups excluding carboxylic acids is 1. The van der Waals surface area contributed by atoms with E-state index in [1.165, 1.54) is 6.07 Å². The van der Waals surface area contributed by atoms with E-state index in [-0.39, 0.29) is 11.9 Å². The number of hydrogen-bond acceptors (Lipinski definition) is 3. The molecule has 2 atom stereocenters. The van der Waals surface area contributed by atoms with Gasteiger partial charge in [-0.3, -0.25) is 4.79 Å². The first-order chi connectivity index (χ1) is 13.4. The van der Waals surface area contributed by atoms with E-state index in [4.69, 9.17) is 0 Å². The monoisotopic (exact) mass is 389 g/mol. The number of aromatic nitrogens is 1. The van der Waals surface area contributed by atoms with Gasteiger partial charge in [0.25, 0.3) is 0 Å². The molecule has 0 aliphatic carbocycles. The van der Waals surface area contributed by atoms with Crippen LogP contribution in [0, 0.1) is 5.92 Å². The molecule has 4 nitrogen and oxygen atoms in total. The van der Waals surface area contributed by atoms with Crippen molar-refractivity contribution in [3.8, 4) is 0 Å². The van der Waals surface area contributed by atoms with Gasteiger partial charge >= 0.3 is 6.18 Å². The number of anilines is 1. The number of pyridine rings is 1. The summed E-state index contributed by atoms with van der Waals surface area (Å²) in [6.07, 6.45) is -1.22. The largest absolute Gasteiger partial charge is 0.417 e. The Morgan fingerprint density at radius 2 is 1.82 bits per heavy atom. The Morgan fingerprint density at radius 3 is 2.50 bits per heavy atom. The van der Waals surface area contributed by atoms with Crippen molar-refractivity contribution in [2.45, 2.75) is 31.5 Å². The van der Waals surface area contributed by atoms with E-state index in [2.05, 4.69) is 4.98 Å². The Labute approximate surface area is 162 Å². The Balaban J connectivity index is 1.45. The van der Waals surface area contributed by atoms with E-state index in [0.717, 1.165) is 43.8 Å². The summed E-state index contributed by atoms with van der Waals surface area (Å²) in [5.41, 5.74) is 0.250. The van der Waals surface area contributed by atoms with Crippen molar-refractivity contribution in [1.82, 2.24) is 9.88 Å². The van der Waals surface area contributed by atoms with Crippen LogP contribution in [0.4, 0.5) is 19.0 Å². The highest BCUT2D eigenvalue weighted by Crippen LogP contribution is 2.34. The third kappa shape index (κ3) is 3.84. The van der Waals surface area contributed by atoms with Gasteiger partial charge in [0.2, 0.25) is 5.91 Å². The number of likely N-dealkylation sites (tertiary alicyclic amines) is 1. The zero-order valence-corrected chi connectivity index (χ0v) is 15.4. The van der Waals surface area contributed by atoms with Gasteiger partial charge < -0.3 is 9.80 Å². The summed E-state index contributed by atoms with van der Waals surface area (Å²) in [6.45, 7) is 2.11. The predicted octanol–water partition coefficient (Wildman–Crippen LogP) is 3.77. The Hall–Kier alpha value is -2.57. The molecule has 7 heteroatoms. The van der Waals surface area contributed by atoms with Gasteiger partial charge in [-0.05, 0) is 36.5 Å². The molecule has 2 aliphatic heterocycles. The molecule has 148 valence electrons. The number of halogens is 3. The lowest BCUT2D eigenvalue weighted by atomic mass is 9.92. The normalized spacial score (nSPS) is 22.2. The number of hydrogen-bond donors (Lipinski definition) is 0. The van der Waals surface area contributed by atoms with E-state index >= 15 is 0 Å². The number of fused-ring (bicyclic) bond motifs is 1. The molecule has 1 amide bonds. The summed E-state index contributed by atoms with van der Waals surface area (Å²) in [7, 11) is 0. The van der Waals surface area contributed by atoms with Crippen LogP contribution < -0.4 is 4.90 Å². The average molecular weight is 389 g/mol. The van der Waals surface area contributed by atoms with Gasteiger partial charge in [0, 0.05) is 25.8 Å². The van der Waals surface area contributed by atoms with Crippen LogP contribution >= 0.6 is 0 Å². The van der Waals surface area contributed by atoms with Gasteiger partial charge in [0.1, 0.15) is 5.82 Å². The maximum absolute atomic E-state index is 12.8. The van der Waals surface area contributed by atoms with Gasteiger partial charge in [-0.15, -0.1) is 0 Å². The van der Waals surface area contributed by atoms with Crippen LogP contribution in [0.2, 0.25) is 0 Å². The summed E-state index contributed by atoms with van der Waals surface area (Å²) < 4.78 is 38.3. The van der Waals surface area contributed by atoms with Gasteiger partial charge in [0.05, 0.1) is 18.0 Å². The van der Waals surface area contributed by atoms with Gasteiger partial charge in [0.15, 0.2) is 0 Å². The van der Waals surface area contributed by atoms with Crippen LogP contribution in [0.5, 0.6) is 0 Å². The van der Waals surface area contributed by atoms with E-state index in [1.807, 2.05) is 40.1 Å². The molecule has 2 aromatic rings. The number of nitrogens with zero attached hydrogens (tertiary/aromatic N) is 3. The molecule has 2 aliphatic rings. The fraction of sp³-hybridized carbons (Fsp3) is 0.429. The fourth-order valence-electron chi connectivity index (χ4n) is 4.27. The second-order valence-electron chi connectivity index (χ2n) is 7.50. The number of amides is 1. The molecule has 2 fully saturated rings. The maximum Gasteiger partial charge on any atom is 0.417 e. The van der Waals surface area contributed by atoms with Gasteiger partial charge in [-0.2, -0.15) is 13.2 Å². The minimum absolute atomic E-state index is 0.0917. The lowest BCUT2D eigenvalue weighted by Gasteiger charge is -2.39. The summed E-state index contributed by atoms with van der Waals surface area (Å²) in [5, 5.41) is 0. The van der Waals surface area contributed by atoms with Crippen LogP contribution in [0.15, 0.2) is 48.7 Å². The molecule has 3 heterocycles. The first kappa shape index (κ1) is 18.8. The van der Waals surface area contributed by atoms with E-state index in [0.29, 0.717) is 24.7 Å². The molecule has 1 aromatic carbocycles. The zero-order valence-electron chi connectivity index (χ0n) is 15.4. The van der Waals surface area contributed by atoms with Crippen molar-refractivity contribution in [3.63, 3.8) is 0 Å². The minimum Gasteiger partial charge on any atom is -0.355 e. The van der Waals surface area contributed by atoms with Crippen molar-refractivity contribution in [1.29, 1.82) is 0 Å². The summed E-state index contributed by atoms with van der Waals surface area (Å²) in [4.78, 5) is 20.8. The second-order valence-corrected chi connectivity index (χ2v) is 7.50. The summed E-state index contributed by atoms with van der Waals surface area (Å²) in [6, 6.07) is 12.3. The molecule has 2 saturated heterocycles. The first-order valence-corrected chi connectivity index (χ1v) is 9.53. The minimum atomic E-state index is -4.38. The number of benzene rings is 1. The van der Waals surface area contributed by atoms with Crippen LogP contribution in [0.1, 0.15) is 24.0 Å². The van der Waals surface area contributed by atoms with Crippen molar-refractivity contribution in [3.05, 3.63) is 59.8 Å². The van der Waals surface area contributed by atoms with E-state index < -0.39 is 11.7 Å². The molecule has 0 N–H and O–H groups in total. The van der Waals surface area contributed by atoms with E-state index in [1.54, 1.807) is 0 Å². The maximum atomic E-state index is 12.8. The Morgan fingerprint density at radius 1 is 1.07 bits per heavy atom. The second kappa shape index (κ2) is 7.45. The van der Waals surface area contributed by atoms with Crippen molar-refractivity contribution in [2.24, 2.45) is 5.92 Å². The summed E-state index contributed by atoms with van der Waals surface area (Å²) in [5.74, 6) is 1.10. The number of piperidine rings is 1. The quantitative estimate of drug-likeness (QED) is 0.802. The summed E-state index contributed by atoms with van der Waals surface area (Å²) >= 11 is 0. The molecular formula is C21H22F3N3O. The Kier molecular flexibility index (Phi) is 5.00. The third-order valence-corrected chi connectivity index (χ3v) is 5.78. The van der Waals surface area contributed by atoms with Gasteiger partial charge in [-0.25, -0.2) is 4.98 Å². The average Bonchev–Trinajstić information content (AvgIpc) is 3.11. The number of rotatable bonds is 3. The Bertz CT molecular complexity index is 823. The van der Waals surface area contributed by atoms with Gasteiger partial charge in [-0.1, -0.05) is 30.3 Å². The number of alkyl halides is 3. The lowest BCUT2D eigenvalue weighted by Crippen LogP contribution is -2.50. The molecule has 0 saturated carbocycles. The van der Waals surface area contributed by atoms with Crippen LogP contribution in [-0.2, 0) is 17.4 Å². The van der Waals surface area contributed by atoms with Crippen LogP contribution in [-0.4, -0.2) is 41.5 Å². The molecule has 0 bridgehead atoms. The van der Waals surface area contributed by atoms with Crippen molar-refractivity contribution in [2.75, 3.05) is 24.5 Å². The van der Waals surface area contributed by atoms with Crippen molar-refractivity contribution < 1.29 is 18.0 Å². The molecule has 28 heavy (non-hydrogen) atoms. The SMILES string of the molecule is O=C(Cc1ccccc1)N1CCC2CCN(c3ccc(C(F)(F)F)cn3)CC21. The van der Waals surface area contributed by atoms with E-state index in [9.17, 15) is 18.0 Å². The molecule has 4 rings (SSSR count). The highest BCUT2D eigenvalue weighted by Gasteiger charge is 2.41. The van der Waals surface area contributed by atoms with Crippen molar-refractivity contribution >= 4 is 11.7 Å². The molecule has 2 unspecified atom stereocenters.